The van der Waals surface area contributed by atoms with Crippen LogP contribution in [0.3, 0.4) is 0 Å². The van der Waals surface area contributed by atoms with Crippen molar-refractivity contribution in [2.24, 2.45) is 5.92 Å². The van der Waals surface area contributed by atoms with E-state index in [2.05, 4.69) is 19.2 Å². The lowest BCUT2D eigenvalue weighted by atomic mass is 10.1. The van der Waals surface area contributed by atoms with Gasteiger partial charge in [-0.2, -0.15) is 0 Å². The van der Waals surface area contributed by atoms with Crippen molar-refractivity contribution in [1.29, 1.82) is 0 Å². The number of nitrogens with one attached hydrogen (secondary N) is 1. The molecule has 1 heterocycles. The molecule has 28 heavy (non-hydrogen) atoms. The van der Waals surface area contributed by atoms with Crippen LogP contribution in [0.15, 0.2) is 54.1 Å². The zero-order valence-electron chi connectivity index (χ0n) is 15.4. The van der Waals surface area contributed by atoms with Gasteiger partial charge in [0.05, 0.1) is 12.3 Å². The smallest absolute Gasteiger partial charge is 0.335 e. The first-order valence-corrected chi connectivity index (χ1v) is 9.13. The molecule has 0 spiro atoms. The number of barbiturate groups is 1. The first-order valence-electron chi connectivity index (χ1n) is 8.75. The van der Waals surface area contributed by atoms with Crippen LogP contribution in [0, 0.1) is 5.92 Å². The van der Waals surface area contributed by atoms with Crippen LogP contribution >= 0.6 is 11.6 Å². The molecule has 0 aromatic heterocycles. The highest BCUT2D eigenvalue weighted by molar-refractivity contribution is 6.39. The van der Waals surface area contributed by atoms with Crippen LogP contribution in [-0.4, -0.2) is 24.5 Å². The van der Waals surface area contributed by atoms with Crippen molar-refractivity contribution in [2.75, 3.05) is 11.5 Å². The molecule has 0 atom stereocenters. The summed E-state index contributed by atoms with van der Waals surface area (Å²) in [6.07, 6.45) is 1.44. The number of imide groups is 2. The average molecular weight is 399 g/mol. The van der Waals surface area contributed by atoms with Crippen LogP contribution in [-0.2, 0) is 9.59 Å². The lowest BCUT2D eigenvalue weighted by Gasteiger charge is -2.26. The van der Waals surface area contributed by atoms with Gasteiger partial charge >= 0.3 is 6.03 Å². The molecule has 1 fully saturated rings. The third-order valence-electron chi connectivity index (χ3n) is 3.96. The molecular formula is C21H19ClN2O4. The number of carbonyl (C=O) groups excluding carboxylic acids is 3. The lowest BCUT2D eigenvalue weighted by Crippen LogP contribution is -2.54. The molecule has 1 aliphatic rings. The van der Waals surface area contributed by atoms with Gasteiger partial charge < -0.3 is 4.74 Å². The fourth-order valence-electron chi connectivity index (χ4n) is 2.57. The highest BCUT2D eigenvalue weighted by Crippen LogP contribution is 2.24. The molecule has 6 nitrogen and oxygen atoms in total. The van der Waals surface area contributed by atoms with Crippen molar-refractivity contribution >= 4 is 41.2 Å². The van der Waals surface area contributed by atoms with Crippen molar-refractivity contribution in [2.45, 2.75) is 13.8 Å². The molecule has 2 aromatic rings. The van der Waals surface area contributed by atoms with Gasteiger partial charge in [0.2, 0.25) is 0 Å². The minimum atomic E-state index is -0.799. The Bertz CT molecular complexity index is 934. The summed E-state index contributed by atoms with van der Waals surface area (Å²) in [5, 5.41) is 2.66. The van der Waals surface area contributed by atoms with Crippen LogP contribution in [0.25, 0.3) is 6.08 Å². The molecule has 0 aliphatic carbocycles. The van der Waals surface area contributed by atoms with E-state index < -0.39 is 17.8 Å². The standard InChI is InChI=1S/C21H19ClN2O4/c1-13(2)12-28-17-9-3-14(4-10-17)11-18-19(25)23-21(27)24(20(18)26)16-7-5-15(22)6-8-16/h3-11,13H,12H2,1-2H3,(H,23,25,27)/b18-11+. The first kappa shape index (κ1) is 19.6. The Morgan fingerprint density at radius 1 is 1.04 bits per heavy atom. The first-order chi connectivity index (χ1) is 13.3. The van der Waals surface area contributed by atoms with Crippen molar-refractivity contribution < 1.29 is 19.1 Å². The molecule has 7 heteroatoms. The van der Waals surface area contributed by atoms with E-state index in [1.54, 1.807) is 36.4 Å². The molecule has 0 radical (unpaired) electrons. The van der Waals surface area contributed by atoms with Crippen LogP contribution < -0.4 is 15.0 Å². The number of hydrogen-bond acceptors (Lipinski definition) is 4. The Morgan fingerprint density at radius 2 is 1.68 bits per heavy atom. The Kier molecular flexibility index (Phi) is 5.80. The summed E-state index contributed by atoms with van der Waals surface area (Å²) in [5.74, 6) is -0.327. The molecule has 2 aromatic carbocycles. The van der Waals surface area contributed by atoms with Crippen LogP contribution in [0.1, 0.15) is 19.4 Å². The van der Waals surface area contributed by atoms with Gasteiger partial charge in [-0.3, -0.25) is 14.9 Å². The fourth-order valence-corrected chi connectivity index (χ4v) is 2.70. The third-order valence-corrected chi connectivity index (χ3v) is 4.21. The van der Waals surface area contributed by atoms with E-state index in [-0.39, 0.29) is 5.57 Å². The summed E-state index contributed by atoms with van der Waals surface area (Å²) in [7, 11) is 0. The van der Waals surface area contributed by atoms with Gasteiger partial charge in [-0.1, -0.05) is 37.6 Å². The summed E-state index contributed by atoms with van der Waals surface area (Å²) in [6.45, 7) is 4.71. The summed E-state index contributed by atoms with van der Waals surface area (Å²) in [6, 6.07) is 12.4. The summed E-state index contributed by atoms with van der Waals surface area (Å²) in [4.78, 5) is 38.1. The van der Waals surface area contributed by atoms with Crippen molar-refractivity contribution in [3.63, 3.8) is 0 Å². The molecule has 3 rings (SSSR count). The second-order valence-corrected chi connectivity index (χ2v) is 7.14. The summed E-state index contributed by atoms with van der Waals surface area (Å²) < 4.78 is 5.62. The number of halogens is 1. The van der Waals surface area contributed by atoms with Crippen molar-refractivity contribution in [1.82, 2.24) is 5.32 Å². The average Bonchev–Trinajstić information content (AvgIpc) is 2.66. The highest BCUT2D eigenvalue weighted by atomic mass is 35.5. The van der Waals surface area contributed by atoms with Gasteiger partial charge in [-0.15, -0.1) is 0 Å². The zero-order chi connectivity index (χ0) is 20.3. The molecule has 0 bridgehead atoms. The van der Waals surface area contributed by atoms with Gasteiger partial charge in [-0.05, 0) is 54.0 Å². The van der Waals surface area contributed by atoms with E-state index in [1.807, 2.05) is 0 Å². The number of rotatable bonds is 5. The van der Waals surface area contributed by atoms with E-state index in [4.69, 9.17) is 16.3 Å². The van der Waals surface area contributed by atoms with Crippen molar-refractivity contribution in [3.8, 4) is 5.75 Å². The maximum absolute atomic E-state index is 12.8. The highest BCUT2D eigenvalue weighted by Gasteiger charge is 2.36. The Balaban J connectivity index is 1.85. The van der Waals surface area contributed by atoms with E-state index >= 15 is 0 Å². The molecular weight excluding hydrogens is 380 g/mol. The number of benzene rings is 2. The van der Waals surface area contributed by atoms with Crippen LogP contribution in [0.5, 0.6) is 5.75 Å². The predicted octanol–water partition coefficient (Wildman–Crippen LogP) is 4.04. The molecule has 1 N–H and O–H groups in total. The number of carbonyl (C=O) groups is 3. The van der Waals surface area contributed by atoms with Gasteiger partial charge in [-0.25, -0.2) is 9.69 Å². The Morgan fingerprint density at radius 3 is 2.29 bits per heavy atom. The predicted molar refractivity (Wildman–Crippen MR) is 107 cm³/mol. The van der Waals surface area contributed by atoms with E-state index in [9.17, 15) is 14.4 Å². The normalized spacial score (nSPS) is 15.9. The Hall–Kier alpha value is -3.12. The Labute approximate surface area is 167 Å². The molecule has 0 unspecified atom stereocenters. The maximum atomic E-state index is 12.8. The number of ether oxygens (including phenoxy) is 1. The molecule has 144 valence electrons. The molecule has 0 saturated carbocycles. The van der Waals surface area contributed by atoms with Crippen molar-refractivity contribution in [3.05, 3.63) is 64.7 Å². The number of amides is 4. The number of nitrogens with zero attached hydrogens (tertiary/aromatic N) is 1. The fraction of sp³-hybridized carbons (Fsp3) is 0.190. The van der Waals surface area contributed by atoms with E-state index in [1.165, 1.54) is 18.2 Å². The van der Waals surface area contributed by atoms with Gasteiger partial charge in [0, 0.05) is 5.02 Å². The minimum Gasteiger partial charge on any atom is -0.493 e. The summed E-state index contributed by atoms with van der Waals surface area (Å²) >= 11 is 5.86. The second kappa shape index (κ2) is 8.27. The number of anilines is 1. The minimum absolute atomic E-state index is 0.134. The monoisotopic (exact) mass is 398 g/mol. The van der Waals surface area contributed by atoms with Gasteiger partial charge in [0.25, 0.3) is 11.8 Å². The molecule has 4 amide bonds. The van der Waals surface area contributed by atoms with E-state index in [0.29, 0.717) is 34.5 Å². The van der Waals surface area contributed by atoms with Crippen LogP contribution in [0.4, 0.5) is 10.5 Å². The summed E-state index contributed by atoms with van der Waals surface area (Å²) in [5.41, 5.74) is 0.828. The quantitative estimate of drug-likeness (QED) is 0.609. The number of urea groups is 1. The molecule has 1 aliphatic heterocycles. The molecule has 1 saturated heterocycles. The maximum Gasteiger partial charge on any atom is 0.335 e. The third kappa shape index (κ3) is 4.40. The number of hydrogen-bond donors (Lipinski definition) is 1. The van der Waals surface area contributed by atoms with Crippen LogP contribution in [0.2, 0.25) is 5.02 Å². The zero-order valence-corrected chi connectivity index (χ0v) is 16.2. The van der Waals surface area contributed by atoms with Gasteiger partial charge in [0.1, 0.15) is 11.3 Å². The van der Waals surface area contributed by atoms with Gasteiger partial charge in [0.15, 0.2) is 0 Å². The SMILES string of the molecule is CC(C)COc1ccc(/C=C2\C(=O)NC(=O)N(c3ccc(Cl)cc3)C2=O)cc1. The lowest BCUT2D eigenvalue weighted by molar-refractivity contribution is -0.122. The topological polar surface area (TPSA) is 75.7 Å². The van der Waals surface area contributed by atoms with E-state index in [0.717, 1.165) is 4.90 Å². The second-order valence-electron chi connectivity index (χ2n) is 6.71. The largest absolute Gasteiger partial charge is 0.493 e.